The molecule has 1 heterocycles. The van der Waals surface area contributed by atoms with Gasteiger partial charge in [-0.3, -0.25) is 4.79 Å². The van der Waals surface area contributed by atoms with Crippen molar-refractivity contribution in [1.29, 1.82) is 0 Å². The third-order valence-corrected chi connectivity index (χ3v) is 3.66. The number of amides is 1. The van der Waals surface area contributed by atoms with Crippen molar-refractivity contribution in [2.45, 2.75) is 18.1 Å². The molecule has 112 valence electrons. The molecule has 3 N–H and O–H groups in total. The second-order valence-corrected chi connectivity index (χ2v) is 5.30. The normalized spacial score (nSPS) is 10.3. The van der Waals surface area contributed by atoms with Gasteiger partial charge in [-0.2, -0.15) is 0 Å². The van der Waals surface area contributed by atoms with E-state index in [9.17, 15) is 4.79 Å². The first-order chi connectivity index (χ1) is 10.2. The van der Waals surface area contributed by atoms with Crippen LogP contribution in [0.1, 0.15) is 12.8 Å². The number of oxazole rings is 1. The molecule has 1 aromatic carbocycles. The highest BCUT2D eigenvalue weighted by Crippen LogP contribution is 2.24. The summed E-state index contributed by atoms with van der Waals surface area (Å²) in [5.74, 6) is 1.36. The molecule has 0 aliphatic heterocycles. The summed E-state index contributed by atoms with van der Waals surface area (Å²) in [4.78, 5) is 15.8. The van der Waals surface area contributed by atoms with Gasteiger partial charge in [-0.05, 0) is 18.6 Å². The van der Waals surface area contributed by atoms with Crippen molar-refractivity contribution in [3.05, 3.63) is 30.7 Å². The molecule has 6 nitrogen and oxygen atoms in total. The van der Waals surface area contributed by atoms with E-state index in [0.29, 0.717) is 28.8 Å². The number of hydrogen-bond donors (Lipinski definition) is 2. The maximum absolute atomic E-state index is 11.8. The lowest BCUT2D eigenvalue weighted by Crippen LogP contribution is -2.12. The first-order valence-electron chi connectivity index (χ1n) is 6.44. The van der Waals surface area contributed by atoms with Crippen molar-refractivity contribution in [3.8, 4) is 5.75 Å². The maximum Gasteiger partial charge on any atom is 0.255 e. The number of nitrogen functional groups attached to an aromatic ring is 1. The van der Waals surface area contributed by atoms with Crippen LogP contribution in [0.2, 0.25) is 0 Å². The molecule has 0 aliphatic carbocycles. The lowest BCUT2D eigenvalue weighted by atomic mass is 10.2. The molecule has 7 heteroatoms. The second kappa shape index (κ2) is 7.58. The van der Waals surface area contributed by atoms with Crippen LogP contribution in [0.3, 0.4) is 0 Å². The summed E-state index contributed by atoms with van der Waals surface area (Å²) in [7, 11) is 1.57. The number of carbonyl (C=O) groups is 1. The molecule has 21 heavy (non-hydrogen) atoms. The number of nitrogens with two attached hydrogens (primary N) is 1. The molecule has 0 saturated heterocycles. The number of thioether (sulfide) groups is 1. The molecular formula is C14H17N3O3S. The van der Waals surface area contributed by atoms with Crippen LogP contribution in [0.25, 0.3) is 0 Å². The monoisotopic (exact) mass is 307 g/mol. The number of aromatic nitrogens is 1. The lowest BCUT2D eigenvalue weighted by molar-refractivity contribution is -0.116. The van der Waals surface area contributed by atoms with E-state index in [1.54, 1.807) is 31.5 Å². The van der Waals surface area contributed by atoms with Crippen LogP contribution in [-0.4, -0.2) is 23.8 Å². The summed E-state index contributed by atoms with van der Waals surface area (Å²) in [6.07, 6.45) is 4.27. The number of carbonyl (C=O) groups excluding carboxylic acids is 1. The van der Waals surface area contributed by atoms with E-state index < -0.39 is 0 Å². The fourth-order valence-electron chi connectivity index (χ4n) is 1.67. The van der Waals surface area contributed by atoms with Crippen molar-refractivity contribution in [1.82, 2.24) is 4.98 Å². The Morgan fingerprint density at radius 1 is 1.52 bits per heavy atom. The first kappa shape index (κ1) is 15.2. The average molecular weight is 307 g/mol. The molecule has 0 radical (unpaired) electrons. The Bertz CT molecular complexity index is 587. The van der Waals surface area contributed by atoms with E-state index in [0.717, 1.165) is 12.2 Å². The van der Waals surface area contributed by atoms with Crippen molar-refractivity contribution in [2.75, 3.05) is 23.9 Å². The minimum atomic E-state index is -0.0696. The van der Waals surface area contributed by atoms with Crippen LogP contribution in [0.4, 0.5) is 11.4 Å². The fraction of sp³-hybridized carbons (Fsp3) is 0.286. The SMILES string of the molecule is COc1ccc(NC(=O)CCCSc2ncco2)c(N)c1. The Balaban J connectivity index is 1.74. The number of benzene rings is 1. The Kier molecular flexibility index (Phi) is 5.51. The zero-order chi connectivity index (χ0) is 15.1. The van der Waals surface area contributed by atoms with Crippen molar-refractivity contribution < 1.29 is 13.9 Å². The van der Waals surface area contributed by atoms with Gasteiger partial charge in [-0.15, -0.1) is 0 Å². The van der Waals surface area contributed by atoms with Gasteiger partial charge < -0.3 is 20.2 Å². The zero-order valence-electron chi connectivity index (χ0n) is 11.7. The van der Waals surface area contributed by atoms with Gasteiger partial charge in [-0.25, -0.2) is 4.98 Å². The van der Waals surface area contributed by atoms with Crippen molar-refractivity contribution in [3.63, 3.8) is 0 Å². The highest BCUT2D eigenvalue weighted by atomic mass is 32.2. The molecular weight excluding hydrogens is 290 g/mol. The summed E-state index contributed by atoms with van der Waals surface area (Å²) in [6.45, 7) is 0. The van der Waals surface area contributed by atoms with Gasteiger partial charge in [0.15, 0.2) is 0 Å². The van der Waals surface area contributed by atoms with Crippen LogP contribution in [-0.2, 0) is 4.79 Å². The number of rotatable bonds is 7. The fourth-order valence-corrected chi connectivity index (χ4v) is 2.39. The topological polar surface area (TPSA) is 90.4 Å². The van der Waals surface area contributed by atoms with E-state index in [2.05, 4.69) is 10.3 Å². The summed E-state index contributed by atoms with van der Waals surface area (Å²) in [6, 6.07) is 5.16. The third kappa shape index (κ3) is 4.71. The molecule has 0 unspecified atom stereocenters. The van der Waals surface area contributed by atoms with Gasteiger partial charge in [0.25, 0.3) is 5.22 Å². The molecule has 1 aromatic heterocycles. The highest BCUT2D eigenvalue weighted by molar-refractivity contribution is 7.99. The van der Waals surface area contributed by atoms with E-state index in [4.69, 9.17) is 14.9 Å². The largest absolute Gasteiger partial charge is 0.497 e. The number of nitrogens with zero attached hydrogens (tertiary/aromatic N) is 1. The van der Waals surface area contributed by atoms with Gasteiger partial charge in [0.1, 0.15) is 12.0 Å². The quantitative estimate of drug-likeness (QED) is 0.464. The van der Waals surface area contributed by atoms with Crippen LogP contribution < -0.4 is 15.8 Å². The number of anilines is 2. The van der Waals surface area contributed by atoms with Gasteiger partial charge >= 0.3 is 0 Å². The molecule has 0 spiro atoms. The number of ether oxygens (including phenoxy) is 1. The zero-order valence-corrected chi connectivity index (χ0v) is 12.5. The minimum absolute atomic E-state index is 0.0696. The summed E-state index contributed by atoms with van der Waals surface area (Å²) in [5.41, 5.74) is 6.93. The number of methoxy groups -OCH3 is 1. The minimum Gasteiger partial charge on any atom is -0.497 e. The van der Waals surface area contributed by atoms with E-state index in [1.165, 1.54) is 18.0 Å². The number of nitrogens with one attached hydrogen (secondary N) is 1. The van der Waals surface area contributed by atoms with E-state index >= 15 is 0 Å². The van der Waals surface area contributed by atoms with Gasteiger partial charge in [-0.1, -0.05) is 11.8 Å². The van der Waals surface area contributed by atoms with Crippen LogP contribution in [0.15, 0.2) is 40.3 Å². The molecule has 0 saturated carbocycles. The molecule has 2 aromatic rings. The summed E-state index contributed by atoms with van der Waals surface area (Å²) >= 11 is 1.48. The predicted octanol–water partition coefficient (Wildman–Crippen LogP) is 2.78. The van der Waals surface area contributed by atoms with Crippen LogP contribution >= 0.6 is 11.8 Å². The average Bonchev–Trinajstić information content (AvgIpc) is 2.99. The van der Waals surface area contributed by atoms with Gasteiger partial charge in [0.2, 0.25) is 5.91 Å². The van der Waals surface area contributed by atoms with Crippen LogP contribution in [0.5, 0.6) is 5.75 Å². The predicted molar refractivity (Wildman–Crippen MR) is 82.5 cm³/mol. The second-order valence-electron chi connectivity index (χ2n) is 4.25. The maximum atomic E-state index is 11.8. The highest BCUT2D eigenvalue weighted by Gasteiger charge is 2.07. The third-order valence-electron chi connectivity index (χ3n) is 2.72. The molecule has 0 atom stereocenters. The Hall–Kier alpha value is -2.15. The first-order valence-corrected chi connectivity index (χ1v) is 7.43. The summed E-state index contributed by atoms with van der Waals surface area (Å²) in [5, 5.41) is 3.41. The Morgan fingerprint density at radius 2 is 2.38 bits per heavy atom. The van der Waals surface area contributed by atoms with Crippen molar-refractivity contribution in [2.24, 2.45) is 0 Å². The standard InChI is InChI=1S/C14H17N3O3S/c1-19-10-4-5-12(11(15)9-10)17-13(18)3-2-8-21-14-16-6-7-20-14/h4-7,9H,2-3,8,15H2,1H3,(H,17,18). The molecule has 2 rings (SSSR count). The van der Waals surface area contributed by atoms with Crippen molar-refractivity contribution >= 4 is 29.0 Å². The van der Waals surface area contributed by atoms with Gasteiger partial charge in [0, 0.05) is 18.2 Å². The molecule has 0 bridgehead atoms. The summed E-state index contributed by atoms with van der Waals surface area (Å²) < 4.78 is 10.2. The molecule has 0 fully saturated rings. The Labute approximate surface area is 127 Å². The van der Waals surface area contributed by atoms with E-state index in [1.807, 2.05) is 0 Å². The lowest BCUT2D eigenvalue weighted by Gasteiger charge is -2.09. The van der Waals surface area contributed by atoms with Crippen LogP contribution in [0, 0.1) is 0 Å². The van der Waals surface area contributed by atoms with E-state index in [-0.39, 0.29) is 5.91 Å². The Morgan fingerprint density at radius 3 is 3.05 bits per heavy atom. The molecule has 0 aliphatic rings. The van der Waals surface area contributed by atoms with Gasteiger partial charge in [0.05, 0.1) is 24.7 Å². The smallest absolute Gasteiger partial charge is 0.255 e. The number of hydrogen-bond acceptors (Lipinski definition) is 6. The molecule has 1 amide bonds.